The molecule has 27 heavy (non-hydrogen) atoms. The highest BCUT2D eigenvalue weighted by molar-refractivity contribution is 6.32. The van der Waals surface area contributed by atoms with Gasteiger partial charge in [0.25, 0.3) is 5.91 Å². The number of anilines is 1. The Morgan fingerprint density at radius 2 is 1.89 bits per heavy atom. The van der Waals surface area contributed by atoms with Gasteiger partial charge in [-0.25, -0.2) is 4.68 Å². The zero-order chi connectivity index (χ0) is 19.6. The smallest absolute Gasteiger partial charge is 0.276 e. The Labute approximate surface area is 166 Å². The molecule has 0 aliphatic heterocycles. The van der Waals surface area contributed by atoms with Crippen LogP contribution in [0.5, 0.6) is 11.5 Å². The molecule has 2 N–H and O–H groups in total. The molecule has 0 saturated carbocycles. The van der Waals surface area contributed by atoms with Crippen LogP contribution in [-0.4, -0.2) is 20.8 Å². The minimum atomic E-state index is -0.468. The first-order valence-corrected chi connectivity index (χ1v) is 8.82. The molecule has 0 bridgehead atoms. The van der Waals surface area contributed by atoms with E-state index in [2.05, 4.69) is 10.4 Å². The molecule has 0 aliphatic rings. The van der Waals surface area contributed by atoms with Gasteiger partial charge in [0.2, 0.25) is 0 Å². The van der Waals surface area contributed by atoms with Crippen LogP contribution in [0.1, 0.15) is 21.6 Å². The molecule has 6 nitrogen and oxygen atoms in total. The van der Waals surface area contributed by atoms with E-state index < -0.39 is 5.91 Å². The summed E-state index contributed by atoms with van der Waals surface area (Å²) in [6, 6.07) is 9.63. The second-order valence-electron chi connectivity index (χ2n) is 6.00. The van der Waals surface area contributed by atoms with Crippen molar-refractivity contribution in [3.8, 4) is 11.5 Å². The molecule has 0 radical (unpaired) electrons. The summed E-state index contributed by atoms with van der Waals surface area (Å²) in [6.07, 6.45) is 1.63. The fourth-order valence-electron chi connectivity index (χ4n) is 2.48. The highest BCUT2D eigenvalue weighted by Crippen LogP contribution is 2.27. The number of hydrogen-bond acceptors (Lipinski definition) is 4. The van der Waals surface area contributed by atoms with Crippen LogP contribution in [0.25, 0.3) is 0 Å². The number of aromatic hydroxyl groups is 1. The molecule has 1 aromatic heterocycles. The molecule has 3 aromatic rings. The third-order valence-corrected chi connectivity index (χ3v) is 4.68. The lowest BCUT2D eigenvalue weighted by Crippen LogP contribution is -2.14. The highest BCUT2D eigenvalue weighted by Gasteiger charge is 2.13. The van der Waals surface area contributed by atoms with Gasteiger partial charge in [-0.15, -0.1) is 0 Å². The minimum Gasteiger partial charge on any atom is -0.506 e. The molecule has 0 fully saturated rings. The van der Waals surface area contributed by atoms with Gasteiger partial charge in [0.05, 0.1) is 5.69 Å². The van der Waals surface area contributed by atoms with E-state index in [0.717, 1.165) is 11.1 Å². The molecule has 3 rings (SSSR count). The van der Waals surface area contributed by atoms with Crippen LogP contribution in [0.3, 0.4) is 0 Å². The molecule has 0 aliphatic carbocycles. The van der Waals surface area contributed by atoms with Gasteiger partial charge in [0.15, 0.2) is 12.4 Å². The normalized spacial score (nSPS) is 10.7. The standard InChI is InChI=1S/C19H17Cl2N3O3/c1-11-7-14(8-12(2)18(11)21)27-10-24-6-5-15(23-24)19(26)22-16-9-13(20)3-4-17(16)25/h3-9,25H,10H2,1-2H3,(H,22,26). The Morgan fingerprint density at radius 3 is 2.59 bits per heavy atom. The quantitative estimate of drug-likeness (QED) is 0.597. The second kappa shape index (κ2) is 7.90. The highest BCUT2D eigenvalue weighted by atomic mass is 35.5. The number of nitrogens with zero attached hydrogens (tertiary/aromatic N) is 2. The summed E-state index contributed by atoms with van der Waals surface area (Å²) in [4.78, 5) is 12.3. The molecule has 0 spiro atoms. The molecule has 0 unspecified atom stereocenters. The fraction of sp³-hybridized carbons (Fsp3) is 0.158. The van der Waals surface area contributed by atoms with Gasteiger partial charge in [-0.1, -0.05) is 23.2 Å². The lowest BCUT2D eigenvalue weighted by atomic mass is 10.1. The number of rotatable bonds is 5. The van der Waals surface area contributed by atoms with Crippen molar-refractivity contribution < 1.29 is 14.6 Å². The Balaban J connectivity index is 1.66. The summed E-state index contributed by atoms with van der Waals surface area (Å²) in [5, 5.41) is 17.6. The zero-order valence-electron chi connectivity index (χ0n) is 14.7. The Hall–Kier alpha value is -2.70. The maximum absolute atomic E-state index is 12.3. The van der Waals surface area contributed by atoms with Crippen LogP contribution < -0.4 is 10.1 Å². The average molecular weight is 406 g/mol. The third kappa shape index (κ3) is 4.53. The number of phenolic OH excluding ortho intramolecular Hbond substituents is 1. The molecular formula is C19H17Cl2N3O3. The Kier molecular flexibility index (Phi) is 5.58. The molecular weight excluding hydrogens is 389 g/mol. The van der Waals surface area contributed by atoms with Crippen molar-refractivity contribution in [3.63, 3.8) is 0 Å². The predicted octanol–water partition coefficient (Wildman–Crippen LogP) is 4.80. The number of phenols is 1. The maximum Gasteiger partial charge on any atom is 0.276 e. The number of amides is 1. The number of hydrogen-bond donors (Lipinski definition) is 2. The number of carbonyl (C=O) groups is 1. The summed E-state index contributed by atoms with van der Waals surface area (Å²) >= 11 is 12.0. The van der Waals surface area contributed by atoms with Crippen molar-refractivity contribution in [1.82, 2.24) is 9.78 Å². The molecule has 0 saturated heterocycles. The van der Waals surface area contributed by atoms with E-state index in [1.807, 2.05) is 26.0 Å². The Morgan fingerprint density at radius 1 is 1.19 bits per heavy atom. The summed E-state index contributed by atoms with van der Waals surface area (Å²) in [5.74, 6) is 0.119. The number of aromatic nitrogens is 2. The van der Waals surface area contributed by atoms with Gasteiger partial charge in [-0.2, -0.15) is 5.10 Å². The van der Waals surface area contributed by atoms with Gasteiger partial charge in [0.1, 0.15) is 11.5 Å². The van der Waals surface area contributed by atoms with Crippen molar-refractivity contribution in [2.75, 3.05) is 5.32 Å². The lowest BCUT2D eigenvalue weighted by Gasteiger charge is -2.10. The molecule has 8 heteroatoms. The monoisotopic (exact) mass is 405 g/mol. The van der Waals surface area contributed by atoms with E-state index in [0.29, 0.717) is 15.8 Å². The van der Waals surface area contributed by atoms with Crippen LogP contribution in [0.15, 0.2) is 42.6 Å². The van der Waals surface area contributed by atoms with Crippen LogP contribution >= 0.6 is 23.2 Å². The van der Waals surface area contributed by atoms with Crippen LogP contribution in [0.2, 0.25) is 10.0 Å². The van der Waals surface area contributed by atoms with E-state index in [-0.39, 0.29) is 23.9 Å². The van der Waals surface area contributed by atoms with Crippen LogP contribution in [0.4, 0.5) is 5.69 Å². The van der Waals surface area contributed by atoms with E-state index in [1.54, 1.807) is 12.3 Å². The van der Waals surface area contributed by atoms with Crippen LogP contribution in [-0.2, 0) is 6.73 Å². The van der Waals surface area contributed by atoms with Crippen LogP contribution in [0, 0.1) is 13.8 Å². The largest absolute Gasteiger partial charge is 0.506 e. The van der Waals surface area contributed by atoms with Crippen molar-refractivity contribution in [2.24, 2.45) is 0 Å². The first-order valence-electron chi connectivity index (χ1n) is 8.06. The van der Waals surface area contributed by atoms with Crippen molar-refractivity contribution in [2.45, 2.75) is 20.6 Å². The van der Waals surface area contributed by atoms with E-state index in [9.17, 15) is 9.90 Å². The molecule has 140 valence electrons. The molecule has 0 atom stereocenters. The third-order valence-electron chi connectivity index (χ3n) is 3.85. The van der Waals surface area contributed by atoms with Crippen molar-refractivity contribution in [1.29, 1.82) is 0 Å². The SMILES string of the molecule is Cc1cc(OCn2ccc(C(=O)Nc3cc(Cl)ccc3O)n2)cc(C)c1Cl. The molecule has 1 heterocycles. The predicted molar refractivity (Wildman–Crippen MR) is 105 cm³/mol. The van der Waals surface area contributed by atoms with Crippen molar-refractivity contribution in [3.05, 3.63) is 69.5 Å². The van der Waals surface area contributed by atoms with E-state index in [1.165, 1.54) is 22.9 Å². The number of nitrogens with one attached hydrogen (secondary N) is 1. The van der Waals surface area contributed by atoms with E-state index in [4.69, 9.17) is 27.9 Å². The first kappa shape index (κ1) is 19.1. The zero-order valence-corrected chi connectivity index (χ0v) is 16.2. The average Bonchev–Trinajstić information content (AvgIpc) is 3.10. The summed E-state index contributed by atoms with van der Waals surface area (Å²) in [7, 11) is 0. The number of ether oxygens (including phenoxy) is 1. The van der Waals surface area contributed by atoms with Gasteiger partial charge in [-0.05, 0) is 61.4 Å². The number of halogens is 2. The first-order chi connectivity index (χ1) is 12.8. The summed E-state index contributed by atoms with van der Waals surface area (Å²) < 4.78 is 7.20. The lowest BCUT2D eigenvalue weighted by molar-refractivity contribution is 0.102. The topological polar surface area (TPSA) is 76.4 Å². The fourth-order valence-corrected chi connectivity index (χ4v) is 2.76. The number of aryl methyl sites for hydroxylation is 2. The minimum absolute atomic E-state index is 0.0796. The van der Waals surface area contributed by atoms with Gasteiger partial charge < -0.3 is 15.2 Å². The molecule has 1 amide bonds. The molecule has 2 aromatic carbocycles. The van der Waals surface area contributed by atoms with Crippen molar-refractivity contribution >= 4 is 34.8 Å². The summed E-state index contributed by atoms with van der Waals surface area (Å²) in [6.45, 7) is 3.95. The van der Waals surface area contributed by atoms with E-state index >= 15 is 0 Å². The second-order valence-corrected chi connectivity index (χ2v) is 6.81. The van der Waals surface area contributed by atoms with Gasteiger partial charge in [0, 0.05) is 16.2 Å². The Bertz CT molecular complexity index is 979. The maximum atomic E-state index is 12.3. The van der Waals surface area contributed by atoms with Gasteiger partial charge in [-0.3, -0.25) is 4.79 Å². The van der Waals surface area contributed by atoms with Gasteiger partial charge >= 0.3 is 0 Å². The number of carbonyl (C=O) groups excluding carboxylic acids is 1. The number of benzene rings is 2. The summed E-state index contributed by atoms with van der Waals surface area (Å²) in [5.41, 5.74) is 2.24.